The first-order valence-corrected chi connectivity index (χ1v) is 13.6. The highest BCUT2D eigenvalue weighted by Crippen LogP contribution is 2.46. The lowest BCUT2D eigenvalue weighted by molar-refractivity contribution is 0.0447. The zero-order valence-electron chi connectivity index (χ0n) is 20.8. The van der Waals surface area contributed by atoms with Crippen molar-refractivity contribution in [3.8, 4) is 6.01 Å². The second-order valence-electron chi connectivity index (χ2n) is 11.1. The number of hydrogen-bond donors (Lipinski definition) is 1. The molecule has 1 aromatic carbocycles. The van der Waals surface area contributed by atoms with Crippen molar-refractivity contribution in [2.75, 3.05) is 37.7 Å². The number of aromatic nitrogens is 2. The topological polar surface area (TPSA) is 61.7 Å². The molecular formula is C26H35BrF2N4O2. The van der Waals surface area contributed by atoms with E-state index in [1.165, 1.54) is 6.07 Å². The summed E-state index contributed by atoms with van der Waals surface area (Å²) in [7, 11) is 0. The van der Waals surface area contributed by atoms with Gasteiger partial charge in [0.2, 0.25) is 0 Å². The molecule has 3 aliphatic rings. The Morgan fingerprint density at radius 2 is 1.86 bits per heavy atom. The number of piperidine rings is 1. The summed E-state index contributed by atoms with van der Waals surface area (Å²) < 4.78 is 35.7. The Balaban J connectivity index is 1.51. The van der Waals surface area contributed by atoms with Gasteiger partial charge in [-0.3, -0.25) is 4.90 Å². The fourth-order valence-corrected chi connectivity index (χ4v) is 6.73. The van der Waals surface area contributed by atoms with Crippen LogP contribution in [-0.4, -0.2) is 63.9 Å². The van der Waals surface area contributed by atoms with Crippen LogP contribution in [0.25, 0.3) is 10.9 Å². The summed E-state index contributed by atoms with van der Waals surface area (Å²) in [6.45, 7) is 9.84. The number of aliphatic hydroxyl groups is 1. The molecule has 0 saturated carbocycles. The third-order valence-corrected chi connectivity index (χ3v) is 9.08. The SMILES string of the molecule is CCC1CN2CC(CC)CC2(COc2nc(N3CCC[C@@](C)(O)C3)c3cc(F)c(Br)c(F)c3n2)C1. The summed E-state index contributed by atoms with van der Waals surface area (Å²) >= 11 is 3.01. The van der Waals surface area contributed by atoms with Gasteiger partial charge in [0.15, 0.2) is 5.82 Å². The Kier molecular flexibility index (Phi) is 6.72. The molecule has 1 aromatic heterocycles. The third kappa shape index (κ3) is 4.64. The van der Waals surface area contributed by atoms with Crippen molar-refractivity contribution in [3.63, 3.8) is 0 Å². The lowest BCUT2D eigenvalue weighted by Gasteiger charge is -2.38. The number of anilines is 1. The van der Waals surface area contributed by atoms with Gasteiger partial charge in [0.05, 0.1) is 15.6 Å². The van der Waals surface area contributed by atoms with Gasteiger partial charge in [0, 0.05) is 31.6 Å². The molecule has 0 aliphatic carbocycles. The number of benzene rings is 1. The lowest BCUT2D eigenvalue weighted by atomic mass is 9.86. The second kappa shape index (κ2) is 9.38. The number of hydrogen-bond acceptors (Lipinski definition) is 6. The van der Waals surface area contributed by atoms with Gasteiger partial charge in [-0.1, -0.05) is 26.7 Å². The van der Waals surface area contributed by atoms with Crippen LogP contribution in [0, 0.1) is 23.5 Å². The van der Waals surface area contributed by atoms with Crippen LogP contribution in [0.15, 0.2) is 10.5 Å². The van der Waals surface area contributed by atoms with Gasteiger partial charge in [0.25, 0.3) is 0 Å². The van der Waals surface area contributed by atoms with Crippen LogP contribution < -0.4 is 9.64 Å². The zero-order chi connectivity index (χ0) is 25.0. The van der Waals surface area contributed by atoms with Crippen molar-refractivity contribution >= 4 is 32.7 Å². The predicted molar refractivity (Wildman–Crippen MR) is 136 cm³/mol. The van der Waals surface area contributed by atoms with E-state index in [4.69, 9.17) is 4.74 Å². The van der Waals surface area contributed by atoms with Gasteiger partial charge in [-0.25, -0.2) is 8.78 Å². The molecule has 0 amide bonds. The lowest BCUT2D eigenvalue weighted by Crippen LogP contribution is -2.46. The Labute approximate surface area is 214 Å². The molecule has 6 nitrogen and oxygen atoms in total. The smallest absolute Gasteiger partial charge is 0.319 e. The highest BCUT2D eigenvalue weighted by molar-refractivity contribution is 9.10. The van der Waals surface area contributed by atoms with E-state index in [0.29, 0.717) is 43.8 Å². The van der Waals surface area contributed by atoms with Gasteiger partial charge in [0.1, 0.15) is 23.8 Å². The molecule has 4 heterocycles. The molecule has 9 heteroatoms. The number of β-amino-alcohol motifs (C(OH)–C–C–N with tert-alkyl or cyclic N) is 1. The summed E-state index contributed by atoms with van der Waals surface area (Å²) in [4.78, 5) is 13.5. The highest BCUT2D eigenvalue weighted by Gasteiger charge is 2.51. The van der Waals surface area contributed by atoms with Crippen LogP contribution in [0.2, 0.25) is 0 Å². The zero-order valence-corrected chi connectivity index (χ0v) is 22.4. The van der Waals surface area contributed by atoms with E-state index >= 15 is 4.39 Å². The number of rotatable bonds is 6. The molecule has 2 aromatic rings. The molecular weight excluding hydrogens is 518 g/mol. The quantitative estimate of drug-likeness (QED) is 0.490. The van der Waals surface area contributed by atoms with Crippen LogP contribution in [0.4, 0.5) is 14.6 Å². The molecule has 0 radical (unpaired) electrons. The van der Waals surface area contributed by atoms with Crippen molar-refractivity contribution in [2.24, 2.45) is 11.8 Å². The minimum atomic E-state index is -0.902. The second-order valence-corrected chi connectivity index (χ2v) is 11.9. The first kappa shape index (κ1) is 25.1. The van der Waals surface area contributed by atoms with Crippen molar-refractivity contribution in [1.29, 1.82) is 0 Å². The van der Waals surface area contributed by atoms with Crippen molar-refractivity contribution in [1.82, 2.24) is 14.9 Å². The van der Waals surface area contributed by atoms with Crippen LogP contribution in [0.5, 0.6) is 6.01 Å². The van der Waals surface area contributed by atoms with Crippen molar-refractivity contribution < 1.29 is 18.6 Å². The molecule has 2 unspecified atom stereocenters. The predicted octanol–water partition coefficient (Wildman–Crippen LogP) is 5.30. The minimum absolute atomic E-state index is 0.0218. The average molecular weight is 553 g/mol. The van der Waals surface area contributed by atoms with Crippen LogP contribution in [0.3, 0.4) is 0 Å². The maximum absolute atomic E-state index is 15.2. The van der Waals surface area contributed by atoms with E-state index in [1.54, 1.807) is 6.92 Å². The summed E-state index contributed by atoms with van der Waals surface area (Å²) in [5.74, 6) is 0.226. The molecule has 3 saturated heterocycles. The van der Waals surface area contributed by atoms with E-state index in [2.05, 4.69) is 44.6 Å². The van der Waals surface area contributed by atoms with E-state index < -0.39 is 17.2 Å². The number of halogens is 3. The molecule has 3 atom stereocenters. The summed E-state index contributed by atoms with van der Waals surface area (Å²) in [5.41, 5.74) is -0.926. The number of nitrogens with zero attached hydrogens (tertiary/aromatic N) is 4. The molecule has 1 N–H and O–H groups in total. The maximum atomic E-state index is 15.2. The first-order valence-electron chi connectivity index (χ1n) is 12.8. The van der Waals surface area contributed by atoms with Gasteiger partial charge in [-0.2, -0.15) is 9.97 Å². The summed E-state index contributed by atoms with van der Waals surface area (Å²) in [6.07, 6.45) is 5.88. The van der Waals surface area contributed by atoms with Gasteiger partial charge in [-0.15, -0.1) is 0 Å². The van der Waals surface area contributed by atoms with Crippen LogP contribution in [-0.2, 0) is 0 Å². The van der Waals surface area contributed by atoms with Gasteiger partial charge in [-0.05, 0) is 66.4 Å². The summed E-state index contributed by atoms with van der Waals surface area (Å²) in [6, 6.07) is 1.36. The van der Waals surface area contributed by atoms with Crippen molar-refractivity contribution in [3.05, 3.63) is 22.2 Å². The average Bonchev–Trinajstić information content (AvgIpc) is 3.34. The monoisotopic (exact) mass is 552 g/mol. The van der Waals surface area contributed by atoms with Crippen molar-refractivity contribution in [2.45, 2.75) is 70.4 Å². The molecule has 192 valence electrons. The minimum Gasteiger partial charge on any atom is -0.461 e. The standard InChI is InChI=1S/C26H35BrF2N4O2/c1-4-16-10-26(11-17(5-2)13-33(26)12-16)15-35-24-30-22-18(9-19(28)20(27)21(22)29)23(31-24)32-8-6-7-25(3,34)14-32/h9,16-17,34H,4-8,10-15H2,1-3H3/t16?,17?,25-,26?/m1/s1. The highest BCUT2D eigenvalue weighted by atomic mass is 79.9. The summed E-state index contributed by atoms with van der Waals surface area (Å²) in [5, 5.41) is 11.0. The van der Waals surface area contributed by atoms with E-state index in [0.717, 1.165) is 45.2 Å². The normalized spacial score (nSPS) is 31.3. The molecule has 0 spiro atoms. The number of fused-ring (bicyclic) bond motifs is 2. The van der Waals surface area contributed by atoms with E-state index in [1.807, 2.05) is 4.90 Å². The number of ether oxygens (including phenoxy) is 1. The van der Waals surface area contributed by atoms with E-state index in [9.17, 15) is 9.50 Å². The Hall–Kier alpha value is -1.58. The first-order chi connectivity index (χ1) is 16.6. The molecule has 35 heavy (non-hydrogen) atoms. The molecule has 3 aliphatic heterocycles. The Bertz CT molecular complexity index is 1100. The fraction of sp³-hybridized carbons (Fsp3) is 0.692. The molecule has 0 bridgehead atoms. The van der Waals surface area contributed by atoms with Gasteiger partial charge < -0.3 is 14.7 Å². The Morgan fingerprint density at radius 1 is 1.17 bits per heavy atom. The maximum Gasteiger partial charge on any atom is 0.319 e. The third-order valence-electron chi connectivity index (χ3n) is 8.35. The van der Waals surface area contributed by atoms with E-state index in [-0.39, 0.29) is 26.9 Å². The largest absolute Gasteiger partial charge is 0.461 e. The van der Waals surface area contributed by atoms with Gasteiger partial charge >= 0.3 is 6.01 Å². The molecule has 3 fully saturated rings. The fourth-order valence-electron chi connectivity index (χ4n) is 6.43. The van der Waals surface area contributed by atoms with Crippen LogP contribution >= 0.6 is 15.9 Å². The molecule has 5 rings (SSSR count). The Morgan fingerprint density at radius 3 is 2.49 bits per heavy atom. The van der Waals surface area contributed by atoms with Crippen LogP contribution in [0.1, 0.15) is 59.3 Å².